The highest BCUT2D eigenvalue weighted by atomic mass is 19.4. The molecule has 3 aromatic rings. The Kier molecular flexibility index (Phi) is 4.83. The van der Waals surface area contributed by atoms with Crippen molar-refractivity contribution in [3.05, 3.63) is 42.5 Å². The van der Waals surface area contributed by atoms with E-state index < -0.39 is 17.0 Å². The van der Waals surface area contributed by atoms with Crippen LogP contribution in [-0.4, -0.2) is 51.2 Å². The molecular formula is C24H26F3N5O. The van der Waals surface area contributed by atoms with Gasteiger partial charge in [0.1, 0.15) is 11.6 Å². The summed E-state index contributed by atoms with van der Waals surface area (Å²) in [6.07, 6.45) is -0.287. The topological polar surface area (TPSA) is 63.1 Å². The number of halogens is 3. The van der Waals surface area contributed by atoms with Gasteiger partial charge in [-0.1, -0.05) is 12.1 Å². The summed E-state index contributed by atoms with van der Waals surface area (Å²) in [5.74, 6) is 1.12. The SMILES string of the molecule is Cc1ncc(-c2ccc3cnc(NC(=O)C4(C)CN(CC5(C(F)(F)F)CC5)C4)cc3c2)n1C. The number of imidazole rings is 1. The monoisotopic (exact) mass is 457 g/mol. The molecule has 9 heteroatoms. The van der Waals surface area contributed by atoms with Crippen molar-refractivity contribution in [3.8, 4) is 11.3 Å². The zero-order chi connectivity index (χ0) is 23.6. The molecule has 0 atom stereocenters. The summed E-state index contributed by atoms with van der Waals surface area (Å²) >= 11 is 0. The van der Waals surface area contributed by atoms with Crippen molar-refractivity contribution in [1.29, 1.82) is 0 Å². The highest BCUT2D eigenvalue weighted by Crippen LogP contribution is 2.58. The molecule has 5 rings (SSSR count). The number of likely N-dealkylation sites (tertiary alicyclic amines) is 1. The number of amides is 1. The molecule has 2 aromatic heterocycles. The number of benzene rings is 1. The number of alkyl halides is 3. The number of nitrogens with one attached hydrogen (secondary N) is 1. The Bertz CT molecular complexity index is 1240. The van der Waals surface area contributed by atoms with Crippen LogP contribution in [0.1, 0.15) is 25.6 Å². The highest BCUT2D eigenvalue weighted by Gasteiger charge is 2.64. The quantitative estimate of drug-likeness (QED) is 0.611. The molecule has 33 heavy (non-hydrogen) atoms. The molecule has 1 aromatic carbocycles. The van der Waals surface area contributed by atoms with Gasteiger partial charge in [-0.25, -0.2) is 9.97 Å². The van der Waals surface area contributed by atoms with Crippen molar-refractivity contribution >= 4 is 22.5 Å². The predicted molar refractivity (Wildman–Crippen MR) is 120 cm³/mol. The van der Waals surface area contributed by atoms with E-state index in [2.05, 4.69) is 15.3 Å². The van der Waals surface area contributed by atoms with E-state index >= 15 is 0 Å². The first-order valence-electron chi connectivity index (χ1n) is 11.0. The van der Waals surface area contributed by atoms with Gasteiger partial charge in [-0.15, -0.1) is 0 Å². The van der Waals surface area contributed by atoms with E-state index in [0.717, 1.165) is 27.9 Å². The Morgan fingerprint density at radius 1 is 1.12 bits per heavy atom. The first-order chi connectivity index (χ1) is 15.5. The second-order valence-corrected chi connectivity index (χ2v) is 9.82. The van der Waals surface area contributed by atoms with Gasteiger partial charge in [0.2, 0.25) is 5.91 Å². The van der Waals surface area contributed by atoms with Crippen LogP contribution >= 0.6 is 0 Å². The number of hydrogen-bond acceptors (Lipinski definition) is 4. The molecule has 1 N–H and O–H groups in total. The Morgan fingerprint density at radius 3 is 2.45 bits per heavy atom. The maximum atomic E-state index is 13.2. The third-order valence-corrected chi connectivity index (χ3v) is 7.15. The van der Waals surface area contributed by atoms with Gasteiger partial charge in [-0.05, 0) is 44.2 Å². The average molecular weight is 458 g/mol. The summed E-state index contributed by atoms with van der Waals surface area (Å²) in [6.45, 7) is 4.33. The van der Waals surface area contributed by atoms with Crippen molar-refractivity contribution in [1.82, 2.24) is 19.4 Å². The van der Waals surface area contributed by atoms with Gasteiger partial charge in [0.15, 0.2) is 0 Å². The van der Waals surface area contributed by atoms with Crippen LogP contribution in [0.2, 0.25) is 0 Å². The molecule has 1 saturated heterocycles. The van der Waals surface area contributed by atoms with Gasteiger partial charge in [-0.2, -0.15) is 13.2 Å². The minimum absolute atomic E-state index is 0.0240. The maximum Gasteiger partial charge on any atom is 0.395 e. The summed E-state index contributed by atoms with van der Waals surface area (Å²) < 4.78 is 41.7. The molecule has 0 radical (unpaired) electrons. The number of pyridine rings is 1. The number of aryl methyl sites for hydroxylation is 1. The van der Waals surface area contributed by atoms with Crippen molar-refractivity contribution in [2.24, 2.45) is 17.9 Å². The van der Waals surface area contributed by atoms with E-state index in [0.29, 0.717) is 18.9 Å². The van der Waals surface area contributed by atoms with E-state index in [1.807, 2.05) is 49.0 Å². The molecule has 1 saturated carbocycles. The number of carbonyl (C=O) groups excluding carboxylic acids is 1. The molecule has 1 aliphatic heterocycles. The lowest BCUT2D eigenvalue weighted by atomic mass is 9.80. The second kappa shape index (κ2) is 7.28. The Hall–Kier alpha value is -2.94. The summed E-state index contributed by atoms with van der Waals surface area (Å²) in [5, 5.41) is 4.74. The van der Waals surface area contributed by atoms with Crippen LogP contribution < -0.4 is 5.32 Å². The van der Waals surface area contributed by atoms with Crippen molar-refractivity contribution in [3.63, 3.8) is 0 Å². The van der Waals surface area contributed by atoms with Gasteiger partial charge in [0.05, 0.1) is 22.7 Å². The molecule has 1 aliphatic carbocycles. The van der Waals surface area contributed by atoms with Crippen LogP contribution in [0.4, 0.5) is 19.0 Å². The largest absolute Gasteiger partial charge is 0.395 e. The average Bonchev–Trinajstić information content (AvgIpc) is 3.46. The minimum Gasteiger partial charge on any atom is -0.331 e. The smallest absolute Gasteiger partial charge is 0.331 e. The fourth-order valence-electron chi connectivity index (χ4n) is 4.71. The van der Waals surface area contributed by atoms with Gasteiger partial charge in [0.25, 0.3) is 0 Å². The third-order valence-electron chi connectivity index (χ3n) is 7.15. The number of fused-ring (bicyclic) bond motifs is 1. The predicted octanol–water partition coefficient (Wildman–Crippen LogP) is 4.55. The lowest BCUT2D eigenvalue weighted by molar-refractivity contribution is -0.198. The summed E-state index contributed by atoms with van der Waals surface area (Å²) in [6, 6.07) is 7.84. The molecule has 0 bridgehead atoms. The highest BCUT2D eigenvalue weighted by molar-refractivity contribution is 5.97. The van der Waals surface area contributed by atoms with Gasteiger partial charge in [-0.3, -0.25) is 4.79 Å². The molecule has 174 valence electrons. The molecule has 0 spiro atoms. The van der Waals surface area contributed by atoms with Gasteiger partial charge >= 0.3 is 6.18 Å². The summed E-state index contributed by atoms with van der Waals surface area (Å²) in [5.41, 5.74) is -0.304. The van der Waals surface area contributed by atoms with Crippen LogP contribution in [-0.2, 0) is 11.8 Å². The number of carbonyl (C=O) groups is 1. The van der Waals surface area contributed by atoms with Crippen molar-refractivity contribution in [2.45, 2.75) is 32.9 Å². The fraction of sp³-hybridized carbons (Fsp3) is 0.458. The standard InChI is InChI=1S/C24H26F3N5O/c1-15-28-11-19(31(15)3)16-4-5-17-10-29-20(9-18(17)8-16)30-21(33)22(2)12-32(13-22)14-23(6-7-23)24(25,26)27/h4-5,8-11H,6-7,12-14H2,1-3H3,(H,29,30,33). The van der Waals surface area contributed by atoms with Crippen LogP contribution in [0.25, 0.3) is 22.0 Å². The molecule has 1 amide bonds. The van der Waals surface area contributed by atoms with Crippen LogP contribution in [0, 0.1) is 17.8 Å². The molecule has 0 unspecified atom stereocenters. The number of hydrogen-bond donors (Lipinski definition) is 1. The van der Waals surface area contributed by atoms with E-state index in [4.69, 9.17) is 0 Å². The number of rotatable bonds is 5. The second-order valence-electron chi connectivity index (χ2n) is 9.82. The zero-order valence-corrected chi connectivity index (χ0v) is 18.8. The first kappa shape index (κ1) is 21.9. The summed E-state index contributed by atoms with van der Waals surface area (Å²) in [7, 11) is 1.96. The lowest BCUT2D eigenvalue weighted by Gasteiger charge is -2.48. The normalized spacial score (nSPS) is 19.3. The van der Waals surface area contributed by atoms with E-state index in [1.165, 1.54) is 0 Å². The van der Waals surface area contributed by atoms with Crippen LogP contribution in [0.3, 0.4) is 0 Å². The molecule has 3 heterocycles. The van der Waals surface area contributed by atoms with Gasteiger partial charge in [0, 0.05) is 43.8 Å². The Labute approximate surface area is 189 Å². The molecule has 2 fully saturated rings. The van der Waals surface area contributed by atoms with E-state index in [-0.39, 0.29) is 25.3 Å². The minimum atomic E-state index is -4.18. The molecule has 2 aliphatic rings. The Balaban J connectivity index is 1.28. The number of aromatic nitrogens is 3. The van der Waals surface area contributed by atoms with Crippen molar-refractivity contribution < 1.29 is 18.0 Å². The number of nitrogens with zero attached hydrogens (tertiary/aromatic N) is 4. The van der Waals surface area contributed by atoms with Crippen LogP contribution in [0.15, 0.2) is 36.7 Å². The summed E-state index contributed by atoms with van der Waals surface area (Å²) in [4.78, 5) is 23.3. The number of anilines is 1. The zero-order valence-electron chi connectivity index (χ0n) is 18.8. The third kappa shape index (κ3) is 3.78. The molecule has 6 nitrogen and oxygen atoms in total. The Morgan fingerprint density at radius 2 is 1.85 bits per heavy atom. The van der Waals surface area contributed by atoms with Gasteiger partial charge < -0.3 is 14.8 Å². The fourth-order valence-corrected chi connectivity index (χ4v) is 4.71. The van der Waals surface area contributed by atoms with E-state index in [9.17, 15) is 18.0 Å². The first-order valence-corrected chi connectivity index (χ1v) is 11.0. The van der Waals surface area contributed by atoms with E-state index in [1.54, 1.807) is 18.0 Å². The maximum absolute atomic E-state index is 13.2. The van der Waals surface area contributed by atoms with Crippen molar-refractivity contribution in [2.75, 3.05) is 25.0 Å². The molecular weight excluding hydrogens is 431 g/mol. The lowest BCUT2D eigenvalue weighted by Crippen LogP contribution is -2.62. The van der Waals surface area contributed by atoms with Crippen LogP contribution in [0.5, 0.6) is 0 Å².